The van der Waals surface area contributed by atoms with E-state index in [2.05, 4.69) is 72.0 Å². The summed E-state index contributed by atoms with van der Waals surface area (Å²) in [6.07, 6.45) is 3.66. The largest absolute Gasteiger partial charge is 0.369 e. The summed E-state index contributed by atoms with van der Waals surface area (Å²) in [7, 11) is 2.00. The highest BCUT2D eigenvalue weighted by molar-refractivity contribution is 9.10. The third-order valence-corrected chi connectivity index (χ3v) is 4.78. The second-order valence-corrected chi connectivity index (χ2v) is 6.37. The Morgan fingerprint density at radius 2 is 1.95 bits per heavy atom. The van der Waals surface area contributed by atoms with E-state index in [1.807, 2.05) is 7.05 Å². The SMILES string of the molecule is CCCCN(c1ccc(C(C)NC)c(Br)c1)C(C)CC. The van der Waals surface area contributed by atoms with Gasteiger partial charge in [-0.05, 0) is 51.4 Å². The molecule has 2 nitrogen and oxygen atoms in total. The van der Waals surface area contributed by atoms with Crippen LogP contribution in [0.15, 0.2) is 22.7 Å². The van der Waals surface area contributed by atoms with E-state index in [0.29, 0.717) is 12.1 Å². The zero-order valence-corrected chi connectivity index (χ0v) is 15.1. The van der Waals surface area contributed by atoms with Gasteiger partial charge in [0.25, 0.3) is 0 Å². The van der Waals surface area contributed by atoms with E-state index in [4.69, 9.17) is 0 Å². The molecular formula is C17H29BrN2. The van der Waals surface area contributed by atoms with Gasteiger partial charge in [-0.1, -0.05) is 42.3 Å². The normalized spacial score (nSPS) is 14.1. The Morgan fingerprint density at radius 3 is 2.45 bits per heavy atom. The van der Waals surface area contributed by atoms with Gasteiger partial charge in [-0.2, -0.15) is 0 Å². The number of nitrogens with one attached hydrogen (secondary N) is 1. The van der Waals surface area contributed by atoms with Gasteiger partial charge in [0.1, 0.15) is 0 Å². The Morgan fingerprint density at radius 1 is 1.25 bits per heavy atom. The van der Waals surface area contributed by atoms with E-state index in [0.717, 1.165) is 6.54 Å². The van der Waals surface area contributed by atoms with Gasteiger partial charge in [0.2, 0.25) is 0 Å². The first-order valence-electron chi connectivity index (χ1n) is 7.78. The van der Waals surface area contributed by atoms with Gasteiger partial charge in [0, 0.05) is 28.8 Å². The molecule has 1 rings (SSSR count). The van der Waals surface area contributed by atoms with Crippen molar-refractivity contribution in [2.45, 2.75) is 59.0 Å². The topological polar surface area (TPSA) is 15.3 Å². The number of anilines is 1. The highest BCUT2D eigenvalue weighted by atomic mass is 79.9. The Balaban J connectivity index is 2.99. The lowest BCUT2D eigenvalue weighted by Crippen LogP contribution is -2.33. The van der Waals surface area contributed by atoms with Crippen molar-refractivity contribution in [3.63, 3.8) is 0 Å². The molecule has 0 fully saturated rings. The fraction of sp³-hybridized carbons (Fsp3) is 0.647. The molecule has 1 aromatic rings. The van der Waals surface area contributed by atoms with Crippen molar-refractivity contribution in [1.82, 2.24) is 5.32 Å². The maximum absolute atomic E-state index is 3.73. The van der Waals surface area contributed by atoms with E-state index in [1.165, 1.54) is 35.0 Å². The minimum Gasteiger partial charge on any atom is -0.369 e. The predicted molar refractivity (Wildman–Crippen MR) is 93.6 cm³/mol. The Bertz CT molecular complexity index is 406. The summed E-state index contributed by atoms with van der Waals surface area (Å²) in [6.45, 7) is 10.1. The highest BCUT2D eigenvalue weighted by Gasteiger charge is 2.15. The molecule has 0 aliphatic heterocycles. The number of rotatable bonds is 8. The molecule has 0 aromatic heterocycles. The third-order valence-electron chi connectivity index (χ3n) is 4.09. The van der Waals surface area contributed by atoms with E-state index in [-0.39, 0.29) is 0 Å². The quantitative estimate of drug-likeness (QED) is 0.705. The number of nitrogens with zero attached hydrogens (tertiary/aromatic N) is 1. The molecule has 0 heterocycles. The van der Waals surface area contributed by atoms with Crippen LogP contribution in [0.2, 0.25) is 0 Å². The maximum atomic E-state index is 3.73. The van der Waals surface area contributed by atoms with Crippen LogP contribution >= 0.6 is 15.9 Å². The van der Waals surface area contributed by atoms with Crippen LogP contribution in [0.25, 0.3) is 0 Å². The first-order chi connectivity index (χ1) is 9.54. The monoisotopic (exact) mass is 340 g/mol. The van der Waals surface area contributed by atoms with Crippen molar-refractivity contribution in [2.24, 2.45) is 0 Å². The molecule has 0 spiro atoms. The van der Waals surface area contributed by atoms with Crippen molar-refractivity contribution in [1.29, 1.82) is 0 Å². The number of halogens is 1. The average Bonchev–Trinajstić information content (AvgIpc) is 2.46. The van der Waals surface area contributed by atoms with Crippen LogP contribution < -0.4 is 10.2 Å². The first-order valence-corrected chi connectivity index (χ1v) is 8.57. The van der Waals surface area contributed by atoms with Crippen molar-refractivity contribution in [3.8, 4) is 0 Å². The summed E-state index contributed by atoms with van der Waals surface area (Å²) < 4.78 is 1.20. The summed E-state index contributed by atoms with van der Waals surface area (Å²) in [5.41, 5.74) is 2.64. The lowest BCUT2D eigenvalue weighted by atomic mass is 10.1. The zero-order valence-electron chi connectivity index (χ0n) is 13.5. The molecule has 0 bridgehead atoms. The molecule has 1 N–H and O–H groups in total. The van der Waals surface area contributed by atoms with Gasteiger partial charge < -0.3 is 10.2 Å². The molecule has 114 valence electrons. The van der Waals surface area contributed by atoms with Gasteiger partial charge in [-0.3, -0.25) is 0 Å². The molecular weight excluding hydrogens is 312 g/mol. The van der Waals surface area contributed by atoms with Crippen molar-refractivity contribution in [2.75, 3.05) is 18.5 Å². The number of unbranched alkanes of at least 4 members (excludes halogenated alkanes) is 1. The number of hydrogen-bond acceptors (Lipinski definition) is 2. The summed E-state index contributed by atoms with van der Waals surface area (Å²) in [5, 5.41) is 3.30. The summed E-state index contributed by atoms with van der Waals surface area (Å²) >= 11 is 3.73. The molecule has 0 saturated carbocycles. The van der Waals surface area contributed by atoms with Crippen LogP contribution in [-0.4, -0.2) is 19.6 Å². The summed E-state index contributed by atoms with van der Waals surface area (Å²) in [4.78, 5) is 2.53. The smallest absolute Gasteiger partial charge is 0.0380 e. The second kappa shape index (κ2) is 8.68. The van der Waals surface area contributed by atoms with Crippen LogP contribution in [0, 0.1) is 0 Å². The molecule has 0 amide bonds. The van der Waals surface area contributed by atoms with Crippen LogP contribution in [0.5, 0.6) is 0 Å². The van der Waals surface area contributed by atoms with Crippen molar-refractivity contribution in [3.05, 3.63) is 28.2 Å². The van der Waals surface area contributed by atoms with Gasteiger partial charge in [0.15, 0.2) is 0 Å². The summed E-state index contributed by atoms with van der Waals surface area (Å²) in [6, 6.07) is 7.72. The molecule has 0 radical (unpaired) electrons. The second-order valence-electron chi connectivity index (χ2n) is 5.52. The zero-order chi connectivity index (χ0) is 15.1. The van der Waals surface area contributed by atoms with Crippen LogP contribution in [0.1, 0.15) is 58.6 Å². The third kappa shape index (κ3) is 4.49. The van der Waals surface area contributed by atoms with E-state index >= 15 is 0 Å². The number of benzene rings is 1. The Kier molecular flexibility index (Phi) is 7.60. The standard InChI is InChI=1S/C17H29BrN2/c1-6-8-11-20(13(3)7-2)15-9-10-16(14(4)19-5)17(18)12-15/h9-10,12-14,19H,6-8,11H2,1-5H3. The first kappa shape index (κ1) is 17.5. The fourth-order valence-corrected chi connectivity index (χ4v) is 3.06. The van der Waals surface area contributed by atoms with Gasteiger partial charge >= 0.3 is 0 Å². The van der Waals surface area contributed by atoms with Gasteiger partial charge in [-0.25, -0.2) is 0 Å². The van der Waals surface area contributed by atoms with E-state index in [1.54, 1.807) is 0 Å². The van der Waals surface area contributed by atoms with Crippen LogP contribution in [-0.2, 0) is 0 Å². The summed E-state index contributed by atoms with van der Waals surface area (Å²) in [5.74, 6) is 0. The molecule has 20 heavy (non-hydrogen) atoms. The molecule has 2 unspecified atom stereocenters. The molecule has 0 saturated heterocycles. The number of hydrogen-bond donors (Lipinski definition) is 1. The predicted octanol–water partition coefficient (Wildman–Crippen LogP) is 5.13. The lowest BCUT2D eigenvalue weighted by molar-refractivity contribution is 0.595. The minimum absolute atomic E-state index is 0.367. The van der Waals surface area contributed by atoms with Crippen LogP contribution in [0.3, 0.4) is 0 Å². The highest BCUT2D eigenvalue weighted by Crippen LogP contribution is 2.29. The lowest BCUT2D eigenvalue weighted by Gasteiger charge is -2.31. The molecule has 3 heteroatoms. The molecule has 0 aliphatic carbocycles. The Hall–Kier alpha value is -0.540. The maximum Gasteiger partial charge on any atom is 0.0380 e. The van der Waals surface area contributed by atoms with E-state index in [9.17, 15) is 0 Å². The molecule has 1 aromatic carbocycles. The van der Waals surface area contributed by atoms with Gasteiger partial charge in [-0.15, -0.1) is 0 Å². The molecule has 0 aliphatic rings. The van der Waals surface area contributed by atoms with Gasteiger partial charge in [0.05, 0.1) is 0 Å². The minimum atomic E-state index is 0.367. The average molecular weight is 341 g/mol. The van der Waals surface area contributed by atoms with E-state index < -0.39 is 0 Å². The van der Waals surface area contributed by atoms with Crippen molar-refractivity contribution >= 4 is 21.6 Å². The molecule has 2 atom stereocenters. The Labute approximate surface area is 133 Å². The van der Waals surface area contributed by atoms with Crippen LogP contribution in [0.4, 0.5) is 5.69 Å². The fourth-order valence-electron chi connectivity index (χ4n) is 2.35. The van der Waals surface area contributed by atoms with Crippen molar-refractivity contribution < 1.29 is 0 Å².